The number of nitrogens with two attached hydrogens (primary N) is 1. The number of H-pyrrole nitrogens is 1. The molecule has 0 aliphatic carbocycles. The van der Waals surface area contributed by atoms with Gasteiger partial charge in [-0.3, -0.25) is 4.90 Å². The van der Waals surface area contributed by atoms with Crippen LogP contribution in [0.5, 0.6) is 0 Å². The average Bonchev–Trinajstić information content (AvgIpc) is 3.12. The number of rotatable bonds is 6. The van der Waals surface area contributed by atoms with Gasteiger partial charge in [-0.15, -0.1) is 0 Å². The largest absolute Gasteiger partial charge is 0.382 e. The van der Waals surface area contributed by atoms with Crippen LogP contribution in [0.2, 0.25) is 0 Å². The Kier molecular flexibility index (Phi) is 5.40. The summed E-state index contributed by atoms with van der Waals surface area (Å²) in [5.74, 6) is 2.26. The first-order valence-corrected chi connectivity index (χ1v) is 10.6. The summed E-state index contributed by atoms with van der Waals surface area (Å²) in [4.78, 5) is 17.9. The minimum atomic E-state index is 0.535. The van der Waals surface area contributed by atoms with Crippen molar-refractivity contribution < 1.29 is 0 Å². The van der Waals surface area contributed by atoms with Gasteiger partial charge >= 0.3 is 0 Å². The van der Waals surface area contributed by atoms with Crippen LogP contribution >= 0.6 is 0 Å². The SMILES string of the molecule is CCCCc1nc2c([nH]1)c(N)nc1ccc(N3CCN(CC(C)C)CC3)cc12. The van der Waals surface area contributed by atoms with Crippen LogP contribution in [0.15, 0.2) is 18.2 Å². The Balaban J connectivity index is 1.63. The minimum Gasteiger partial charge on any atom is -0.382 e. The highest BCUT2D eigenvalue weighted by molar-refractivity contribution is 6.07. The van der Waals surface area contributed by atoms with Crippen molar-refractivity contribution in [1.82, 2.24) is 19.9 Å². The van der Waals surface area contributed by atoms with Crippen LogP contribution in [0.3, 0.4) is 0 Å². The zero-order valence-corrected chi connectivity index (χ0v) is 17.3. The van der Waals surface area contributed by atoms with Gasteiger partial charge in [-0.1, -0.05) is 27.2 Å². The number of nitrogens with zero attached hydrogens (tertiary/aromatic N) is 4. The molecule has 0 saturated carbocycles. The van der Waals surface area contributed by atoms with Crippen LogP contribution in [0.4, 0.5) is 11.5 Å². The summed E-state index contributed by atoms with van der Waals surface area (Å²) in [5.41, 5.74) is 10.2. The van der Waals surface area contributed by atoms with Crippen LogP contribution in [0.25, 0.3) is 21.9 Å². The van der Waals surface area contributed by atoms with Gasteiger partial charge in [0, 0.05) is 50.2 Å². The third-order valence-electron chi connectivity index (χ3n) is 5.61. The maximum Gasteiger partial charge on any atom is 0.150 e. The summed E-state index contributed by atoms with van der Waals surface area (Å²) in [6, 6.07) is 6.50. The second kappa shape index (κ2) is 7.95. The van der Waals surface area contributed by atoms with Gasteiger partial charge in [0.25, 0.3) is 0 Å². The van der Waals surface area contributed by atoms with Gasteiger partial charge in [-0.05, 0) is 30.5 Å². The van der Waals surface area contributed by atoms with Crippen molar-refractivity contribution >= 4 is 33.4 Å². The third kappa shape index (κ3) is 3.78. The monoisotopic (exact) mass is 380 g/mol. The molecule has 1 saturated heterocycles. The number of aryl methyl sites for hydroxylation is 1. The summed E-state index contributed by atoms with van der Waals surface area (Å²) in [7, 11) is 0. The molecule has 4 rings (SSSR count). The van der Waals surface area contributed by atoms with Crippen molar-refractivity contribution in [3.8, 4) is 0 Å². The first-order chi connectivity index (χ1) is 13.5. The van der Waals surface area contributed by atoms with Crippen LogP contribution in [0, 0.1) is 5.92 Å². The molecule has 3 aromatic rings. The van der Waals surface area contributed by atoms with Crippen molar-refractivity contribution in [2.75, 3.05) is 43.4 Å². The van der Waals surface area contributed by atoms with E-state index in [-0.39, 0.29) is 0 Å². The number of fused-ring (bicyclic) bond motifs is 3. The lowest BCUT2D eigenvalue weighted by atomic mass is 10.1. The van der Waals surface area contributed by atoms with Crippen LogP contribution < -0.4 is 10.6 Å². The van der Waals surface area contributed by atoms with Crippen LogP contribution in [0.1, 0.15) is 39.4 Å². The molecule has 2 aromatic heterocycles. The molecule has 0 bridgehead atoms. The first kappa shape index (κ1) is 19.0. The molecule has 0 amide bonds. The predicted octanol–water partition coefficient (Wildman–Crippen LogP) is 3.81. The van der Waals surface area contributed by atoms with E-state index in [1.54, 1.807) is 0 Å². The number of unbranched alkanes of at least 4 members (excludes halogenated alkanes) is 1. The zero-order chi connectivity index (χ0) is 19.7. The molecule has 1 fully saturated rings. The van der Waals surface area contributed by atoms with E-state index < -0.39 is 0 Å². The second-order valence-electron chi connectivity index (χ2n) is 8.39. The number of imidazole rings is 1. The van der Waals surface area contributed by atoms with Crippen LogP contribution in [-0.2, 0) is 6.42 Å². The molecule has 0 unspecified atom stereocenters. The molecule has 1 aliphatic heterocycles. The van der Waals surface area contributed by atoms with E-state index in [0.717, 1.165) is 79.1 Å². The minimum absolute atomic E-state index is 0.535. The summed E-state index contributed by atoms with van der Waals surface area (Å²) < 4.78 is 0. The Morgan fingerprint density at radius 3 is 2.64 bits per heavy atom. The number of aromatic nitrogens is 3. The van der Waals surface area contributed by atoms with E-state index >= 15 is 0 Å². The van der Waals surface area contributed by atoms with E-state index in [1.165, 1.54) is 12.2 Å². The lowest BCUT2D eigenvalue weighted by Crippen LogP contribution is -2.47. The molecule has 1 aromatic carbocycles. The number of nitrogen functional groups attached to an aromatic ring is 1. The van der Waals surface area contributed by atoms with Crippen molar-refractivity contribution in [1.29, 1.82) is 0 Å². The zero-order valence-electron chi connectivity index (χ0n) is 17.3. The number of hydrogen-bond acceptors (Lipinski definition) is 5. The average molecular weight is 381 g/mol. The number of pyridine rings is 1. The Bertz CT molecular complexity index is 952. The number of piperazine rings is 1. The fraction of sp³-hybridized carbons (Fsp3) is 0.545. The number of benzene rings is 1. The molecule has 6 nitrogen and oxygen atoms in total. The molecule has 28 heavy (non-hydrogen) atoms. The molecule has 6 heteroatoms. The van der Waals surface area contributed by atoms with Crippen molar-refractivity contribution in [2.45, 2.75) is 40.0 Å². The quantitative estimate of drug-likeness (QED) is 0.680. The van der Waals surface area contributed by atoms with E-state index in [1.807, 2.05) is 0 Å². The molecule has 0 radical (unpaired) electrons. The Morgan fingerprint density at radius 1 is 1.14 bits per heavy atom. The molecular weight excluding hydrogens is 348 g/mol. The standard InChI is InChI=1S/C22H32N6/c1-4-5-6-19-25-20-17-13-16(7-8-18(17)24-22(23)21(20)26-19)28-11-9-27(10-12-28)14-15(2)3/h7-8,13,15H,4-6,9-12,14H2,1-3H3,(H2,23,24)(H,25,26). The number of nitrogens with one attached hydrogen (secondary N) is 1. The lowest BCUT2D eigenvalue weighted by Gasteiger charge is -2.36. The Labute approximate surface area is 167 Å². The topological polar surface area (TPSA) is 74.1 Å². The lowest BCUT2D eigenvalue weighted by molar-refractivity contribution is 0.231. The summed E-state index contributed by atoms with van der Waals surface area (Å²) in [5, 5.41) is 1.09. The van der Waals surface area contributed by atoms with Gasteiger partial charge in [-0.2, -0.15) is 0 Å². The first-order valence-electron chi connectivity index (χ1n) is 10.6. The van der Waals surface area contributed by atoms with Gasteiger partial charge in [0.05, 0.1) is 5.52 Å². The smallest absolute Gasteiger partial charge is 0.150 e. The normalized spacial score (nSPS) is 15.9. The number of aromatic amines is 1. The van der Waals surface area contributed by atoms with Crippen molar-refractivity contribution in [3.63, 3.8) is 0 Å². The Morgan fingerprint density at radius 2 is 1.93 bits per heavy atom. The van der Waals surface area contributed by atoms with Gasteiger partial charge in [0.2, 0.25) is 0 Å². The van der Waals surface area contributed by atoms with Gasteiger partial charge in [0.1, 0.15) is 22.7 Å². The number of anilines is 2. The van der Waals surface area contributed by atoms with Crippen molar-refractivity contribution in [2.24, 2.45) is 5.92 Å². The maximum atomic E-state index is 6.20. The number of hydrogen-bond donors (Lipinski definition) is 2. The predicted molar refractivity (Wildman–Crippen MR) is 118 cm³/mol. The van der Waals surface area contributed by atoms with E-state index in [2.05, 4.69) is 58.7 Å². The molecule has 3 N–H and O–H groups in total. The molecule has 150 valence electrons. The van der Waals surface area contributed by atoms with Crippen molar-refractivity contribution in [3.05, 3.63) is 24.0 Å². The highest BCUT2D eigenvalue weighted by Crippen LogP contribution is 2.30. The molecule has 3 heterocycles. The summed E-state index contributed by atoms with van der Waals surface area (Å²) in [6.07, 6.45) is 3.22. The van der Waals surface area contributed by atoms with Gasteiger partial charge in [0.15, 0.2) is 0 Å². The van der Waals surface area contributed by atoms with Gasteiger partial charge < -0.3 is 15.6 Å². The fourth-order valence-corrected chi connectivity index (χ4v) is 4.16. The molecule has 1 aliphatic rings. The van der Waals surface area contributed by atoms with Crippen LogP contribution in [-0.4, -0.2) is 52.6 Å². The second-order valence-corrected chi connectivity index (χ2v) is 8.39. The summed E-state index contributed by atoms with van der Waals surface area (Å²) >= 11 is 0. The van der Waals surface area contributed by atoms with Gasteiger partial charge in [-0.25, -0.2) is 9.97 Å². The highest BCUT2D eigenvalue weighted by atomic mass is 15.3. The van der Waals surface area contributed by atoms with E-state index in [4.69, 9.17) is 10.7 Å². The molecule has 0 atom stereocenters. The molecular formula is C22H32N6. The molecule has 0 spiro atoms. The third-order valence-corrected chi connectivity index (χ3v) is 5.61. The summed E-state index contributed by atoms with van der Waals surface area (Å²) in [6.45, 7) is 12.3. The van der Waals surface area contributed by atoms with E-state index in [9.17, 15) is 0 Å². The Hall–Kier alpha value is -2.34. The van der Waals surface area contributed by atoms with E-state index in [0.29, 0.717) is 5.82 Å². The maximum absolute atomic E-state index is 6.20. The fourth-order valence-electron chi connectivity index (χ4n) is 4.16. The highest BCUT2D eigenvalue weighted by Gasteiger charge is 2.19.